The smallest absolute Gasteiger partial charge is 0.252 e. The molecule has 1 amide bonds. The zero-order valence-corrected chi connectivity index (χ0v) is 14.6. The van der Waals surface area contributed by atoms with Crippen LogP contribution < -0.4 is 5.32 Å². The number of aromatic nitrogens is 2. The van der Waals surface area contributed by atoms with Gasteiger partial charge in [0.1, 0.15) is 0 Å². The first-order chi connectivity index (χ1) is 11.2. The molecular weight excluding hydrogens is 374 g/mol. The summed E-state index contributed by atoms with van der Waals surface area (Å²) in [5.74, 6) is -0.0819. The van der Waals surface area contributed by atoms with E-state index >= 15 is 0 Å². The zero-order valence-electron chi connectivity index (χ0n) is 12.2. The molecule has 1 aromatic carbocycles. The van der Waals surface area contributed by atoms with Crippen molar-refractivity contribution < 1.29 is 4.79 Å². The van der Waals surface area contributed by atoms with Gasteiger partial charge in [-0.2, -0.15) is 0 Å². The molecular formula is C17H14BrN3OS. The van der Waals surface area contributed by atoms with Crippen LogP contribution in [0.4, 0.5) is 0 Å². The van der Waals surface area contributed by atoms with Crippen molar-refractivity contribution in [2.45, 2.75) is 6.42 Å². The van der Waals surface area contributed by atoms with E-state index in [1.165, 1.54) is 0 Å². The maximum Gasteiger partial charge on any atom is 0.252 e. The van der Waals surface area contributed by atoms with E-state index in [0.717, 1.165) is 20.7 Å². The molecule has 0 radical (unpaired) electrons. The second-order valence-electron chi connectivity index (χ2n) is 4.85. The predicted octanol–water partition coefficient (Wildman–Crippen LogP) is 3.94. The van der Waals surface area contributed by atoms with E-state index in [1.54, 1.807) is 29.8 Å². The van der Waals surface area contributed by atoms with Gasteiger partial charge >= 0.3 is 0 Å². The first-order valence-corrected chi connectivity index (χ1v) is 8.79. The summed E-state index contributed by atoms with van der Waals surface area (Å²) in [5, 5.41) is 5.94. The highest BCUT2D eigenvalue weighted by Crippen LogP contribution is 2.21. The summed E-state index contributed by atoms with van der Waals surface area (Å²) in [4.78, 5) is 20.8. The number of rotatable bonds is 5. The van der Waals surface area contributed by atoms with Crippen molar-refractivity contribution in [1.29, 1.82) is 0 Å². The van der Waals surface area contributed by atoms with Crippen molar-refractivity contribution in [3.63, 3.8) is 0 Å². The molecule has 2 aromatic heterocycles. The second-order valence-corrected chi connectivity index (χ2v) is 6.65. The van der Waals surface area contributed by atoms with Gasteiger partial charge in [0.05, 0.1) is 16.3 Å². The number of nitrogens with zero attached hydrogens (tertiary/aromatic N) is 2. The van der Waals surface area contributed by atoms with Crippen molar-refractivity contribution in [1.82, 2.24) is 15.3 Å². The van der Waals surface area contributed by atoms with Crippen molar-refractivity contribution in [3.05, 3.63) is 69.2 Å². The fourth-order valence-corrected chi connectivity index (χ4v) is 3.37. The number of pyridine rings is 1. The van der Waals surface area contributed by atoms with Crippen LogP contribution >= 0.6 is 27.3 Å². The van der Waals surface area contributed by atoms with E-state index in [4.69, 9.17) is 0 Å². The van der Waals surface area contributed by atoms with Crippen LogP contribution in [-0.2, 0) is 6.42 Å². The van der Waals surface area contributed by atoms with Gasteiger partial charge in [0.25, 0.3) is 5.91 Å². The minimum atomic E-state index is -0.0819. The number of benzene rings is 1. The Labute approximate surface area is 146 Å². The molecule has 0 saturated carbocycles. The molecule has 23 heavy (non-hydrogen) atoms. The first-order valence-electron chi connectivity index (χ1n) is 7.11. The molecule has 3 aromatic rings. The molecule has 0 unspecified atom stereocenters. The van der Waals surface area contributed by atoms with Crippen LogP contribution in [-0.4, -0.2) is 22.4 Å². The highest BCUT2D eigenvalue weighted by molar-refractivity contribution is 9.10. The van der Waals surface area contributed by atoms with Crippen molar-refractivity contribution >= 4 is 33.2 Å². The lowest BCUT2D eigenvalue weighted by molar-refractivity contribution is 0.0953. The van der Waals surface area contributed by atoms with Gasteiger partial charge in [-0.15, -0.1) is 11.3 Å². The quantitative estimate of drug-likeness (QED) is 0.721. The molecule has 6 heteroatoms. The fraction of sp³-hybridized carbons (Fsp3) is 0.118. The van der Waals surface area contributed by atoms with E-state index in [0.29, 0.717) is 18.5 Å². The lowest BCUT2D eigenvalue weighted by Crippen LogP contribution is -2.25. The Morgan fingerprint density at radius 3 is 2.87 bits per heavy atom. The Hall–Kier alpha value is -2.05. The van der Waals surface area contributed by atoms with Gasteiger partial charge in [-0.3, -0.25) is 9.78 Å². The summed E-state index contributed by atoms with van der Waals surface area (Å²) < 4.78 is 0.797. The minimum absolute atomic E-state index is 0.0819. The van der Waals surface area contributed by atoms with E-state index < -0.39 is 0 Å². The summed E-state index contributed by atoms with van der Waals surface area (Å²) in [7, 11) is 0. The van der Waals surface area contributed by atoms with Crippen LogP contribution in [0.15, 0.2) is 58.6 Å². The van der Waals surface area contributed by atoms with E-state index in [-0.39, 0.29) is 5.91 Å². The molecule has 0 aliphatic rings. The Balaban J connectivity index is 1.56. The van der Waals surface area contributed by atoms with Gasteiger partial charge in [-0.1, -0.05) is 12.1 Å². The van der Waals surface area contributed by atoms with Gasteiger partial charge < -0.3 is 5.32 Å². The number of amides is 1. The van der Waals surface area contributed by atoms with Gasteiger partial charge in [0.2, 0.25) is 0 Å². The van der Waals surface area contributed by atoms with E-state index in [9.17, 15) is 4.79 Å². The van der Waals surface area contributed by atoms with Crippen molar-refractivity contribution in [2.24, 2.45) is 0 Å². The summed E-state index contributed by atoms with van der Waals surface area (Å²) in [5.41, 5.74) is 2.57. The van der Waals surface area contributed by atoms with Gasteiger partial charge in [-0.05, 0) is 40.2 Å². The molecule has 0 atom stereocenters. The molecule has 1 N–H and O–H groups in total. The Kier molecular flexibility index (Phi) is 5.15. The molecule has 0 fully saturated rings. The normalized spacial score (nSPS) is 10.5. The monoisotopic (exact) mass is 387 g/mol. The number of carbonyl (C=O) groups is 1. The zero-order chi connectivity index (χ0) is 16.1. The lowest BCUT2D eigenvalue weighted by Gasteiger charge is -2.05. The Morgan fingerprint density at radius 2 is 2.09 bits per heavy atom. The molecule has 3 rings (SSSR count). The summed E-state index contributed by atoms with van der Waals surface area (Å²) in [6.07, 6.45) is 4.25. The topological polar surface area (TPSA) is 54.9 Å². The number of thiazole rings is 1. The average Bonchev–Trinajstić information content (AvgIpc) is 3.05. The maximum absolute atomic E-state index is 12.1. The second kappa shape index (κ2) is 7.48. The maximum atomic E-state index is 12.1. The van der Waals surface area contributed by atoms with Crippen LogP contribution in [0.5, 0.6) is 0 Å². The highest BCUT2D eigenvalue weighted by atomic mass is 79.9. The SMILES string of the molecule is O=C(NCCc1nc(-c2cccnc2)cs1)c1ccccc1Br. The minimum Gasteiger partial charge on any atom is -0.352 e. The molecule has 116 valence electrons. The average molecular weight is 388 g/mol. The van der Waals surface area contributed by atoms with Crippen LogP contribution in [0.3, 0.4) is 0 Å². The summed E-state index contributed by atoms with van der Waals surface area (Å²) in [6, 6.07) is 11.3. The Bertz CT molecular complexity index is 804. The van der Waals surface area contributed by atoms with E-state index in [1.807, 2.05) is 35.7 Å². The largest absolute Gasteiger partial charge is 0.352 e. The van der Waals surface area contributed by atoms with Gasteiger partial charge in [-0.25, -0.2) is 4.98 Å². The van der Waals surface area contributed by atoms with Crippen molar-refractivity contribution in [3.8, 4) is 11.3 Å². The standard InChI is InChI=1S/C17H14BrN3OS/c18-14-6-2-1-5-13(14)17(22)20-9-7-16-21-15(11-23-16)12-4-3-8-19-10-12/h1-6,8,10-11H,7,9H2,(H,20,22). The third-order valence-corrected chi connectivity index (χ3v) is 4.85. The first kappa shape index (κ1) is 15.8. The number of hydrogen-bond acceptors (Lipinski definition) is 4. The van der Waals surface area contributed by atoms with E-state index in [2.05, 4.69) is 31.2 Å². The van der Waals surface area contributed by atoms with Crippen LogP contribution in [0.1, 0.15) is 15.4 Å². The van der Waals surface area contributed by atoms with Gasteiger partial charge in [0, 0.05) is 40.8 Å². The predicted molar refractivity (Wildman–Crippen MR) is 95.5 cm³/mol. The third-order valence-electron chi connectivity index (χ3n) is 3.25. The molecule has 2 heterocycles. The molecule has 4 nitrogen and oxygen atoms in total. The molecule has 0 spiro atoms. The molecule has 0 bridgehead atoms. The van der Waals surface area contributed by atoms with Crippen molar-refractivity contribution in [2.75, 3.05) is 6.54 Å². The lowest BCUT2D eigenvalue weighted by atomic mass is 10.2. The number of hydrogen-bond donors (Lipinski definition) is 1. The third kappa shape index (κ3) is 4.03. The number of nitrogens with one attached hydrogen (secondary N) is 1. The fourth-order valence-electron chi connectivity index (χ4n) is 2.10. The molecule has 0 saturated heterocycles. The Morgan fingerprint density at radius 1 is 1.22 bits per heavy atom. The number of halogens is 1. The summed E-state index contributed by atoms with van der Waals surface area (Å²) >= 11 is 4.98. The molecule has 0 aliphatic carbocycles. The summed E-state index contributed by atoms with van der Waals surface area (Å²) in [6.45, 7) is 0.556. The van der Waals surface area contributed by atoms with Crippen LogP contribution in [0, 0.1) is 0 Å². The van der Waals surface area contributed by atoms with Gasteiger partial charge in [0.15, 0.2) is 0 Å². The molecule has 0 aliphatic heterocycles. The van der Waals surface area contributed by atoms with Crippen LogP contribution in [0.25, 0.3) is 11.3 Å². The number of carbonyl (C=O) groups excluding carboxylic acids is 1. The van der Waals surface area contributed by atoms with Crippen LogP contribution in [0.2, 0.25) is 0 Å². The highest BCUT2D eigenvalue weighted by Gasteiger charge is 2.09.